The van der Waals surface area contributed by atoms with Crippen molar-refractivity contribution in [3.05, 3.63) is 29.3 Å². The number of rotatable bonds is 4. The quantitative estimate of drug-likeness (QED) is 0.630. The zero-order valence-electron chi connectivity index (χ0n) is 9.86. The molecular weight excluding hydrogens is 222 g/mol. The van der Waals surface area contributed by atoms with Gasteiger partial charge in [0.25, 0.3) is 0 Å². The number of hydrogen-bond donors (Lipinski definition) is 1. The molecule has 1 rings (SSSR count). The van der Waals surface area contributed by atoms with Crippen LogP contribution in [0.15, 0.2) is 18.2 Å². The van der Waals surface area contributed by atoms with Crippen molar-refractivity contribution in [2.75, 3.05) is 18.9 Å². The van der Waals surface area contributed by atoms with Gasteiger partial charge in [0.05, 0.1) is 12.2 Å². The molecule has 92 valence electrons. The van der Waals surface area contributed by atoms with E-state index in [-0.39, 0.29) is 13.2 Å². The zero-order valence-corrected chi connectivity index (χ0v) is 9.86. The largest absolute Gasteiger partial charge is 0.463 e. The lowest BCUT2D eigenvalue weighted by Gasteiger charge is -2.06. The van der Waals surface area contributed by atoms with E-state index in [9.17, 15) is 9.59 Å². The lowest BCUT2D eigenvalue weighted by Crippen LogP contribution is -2.16. The lowest BCUT2D eigenvalue weighted by molar-refractivity contribution is -0.146. The minimum atomic E-state index is -0.593. The summed E-state index contributed by atoms with van der Waals surface area (Å²) in [5.41, 5.74) is 7.37. The summed E-state index contributed by atoms with van der Waals surface area (Å²) in [4.78, 5) is 22.5. The highest BCUT2D eigenvalue weighted by Gasteiger charge is 2.11. The Balaban J connectivity index is 2.58. The van der Waals surface area contributed by atoms with E-state index in [4.69, 9.17) is 10.5 Å². The smallest absolute Gasteiger partial charge is 0.344 e. The lowest BCUT2D eigenvalue weighted by atomic mass is 10.1. The van der Waals surface area contributed by atoms with Crippen LogP contribution in [0.25, 0.3) is 0 Å². The van der Waals surface area contributed by atoms with E-state index in [2.05, 4.69) is 4.74 Å². The Kier molecular flexibility index (Phi) is 4.51. The van der Waals surface area contributed by atoms with Gasteiger partial charge in [-0.05, 0) is 31.5 Å². The first-order chi connectivity index (χ1) is 8.04. The monoisotopic (exact) mass is 237 g/mol. The van der Waals surface area contributed by atoms with E-state index in [0.29, 0.717) is 11.3 Å². The average Bonchev–Trinajstić information content (AvgIpc) is 2.30. The van der Waals surface area contributed by atoms with Gasteiger partial charge < -0.3 is 15.2 Å². The van der Waals surface area contributed by atoms with Crippen LogP contribution >= 0.6 is 0 Å². The van der Waals surface area contributed by atoms with Crippen molar-refractivity contribution in [1.29, 1.82) is 0 Å². The Morgan fingerprint density at radius 3 is 2.59 bits per heavy atom. The number of ether oxygens (including phenoxy) is 2. The van der Waals surface area contributed by atoms with Crippen LogP contribution in [0, 0.1) is 6.92 Å². The first-order valence-electron chi connectivity index (χ1n) is 5.23. The van der Waals surface area contributed by atoms with Crippen LogP contribution in [-0.4, -0.2) is 25.2 Å². The third kappa shape index (κ3) is 3.79. The van der Waals surface area contributed by atoms with Crippen molar-refractivity contribution in [3.8, 4) is 0 Å². The normalized spacial score (nSPS) is 9.76. The summed E-state index contributed by atoms with van der Waals surface area (Å²) in [5.74, 6) is -1.16. The van der Waals surface area contributed by atoms with E-state index in [0.717, 1.165) is 5.56 Å². The average molecular weight is 237 g/mol. The van der Waals surface area contributed by atoms with Crippen LogP contribution in [0.4, 0.5) is 5.69 Å². The van der Waals surface area contributed by atoms with Gasteiger partial charge >= 0.3 is 11.9 Å². The van der Waals surface area contributed by atoms with Gasteiger partial charge in [0.1, 0.15) is 0 Å². The second-order valence-corrected chi connectivity index (χ2v) is 3.45. The summed E-state index contributed by atoms with van der Waals surface area (Å²) in [7, 11) is 0. The Bertz CT molecular complexity index is 429. The topological polar surface area (TPSA) is 78.6 Å². The molecule has 0 aliphatic heterocycles. The van der Waals surface area contributed by atoms with Gasteiger partial charge in [-0.2, -0.15) is 0 Å². The molecule has 0 radical (unpaired) electrons. The maximum atomic E-state index is 11.5. The molecule has 1 aromatic rings. The third-order valence-corrected chi connectivity index (χ3v) is 2.14. The van der Waals surface area contributed by atoms with Crippen LogP contribution in [-0.2, 0) is 14.3 Å². The number of nitrogens with two attached hydrogens (primary N) is 1. The van der Waals surface area contributed by atoms with Crippen LogP contribution < -0.4 is 5.73 Å². The second kappa shape index (κ2) is 5.89. The van der Waals surface area contributed by atoms with Gasteiger partial charge in [0.2, 0.25) is 0 Å². The molecule has 0 bridgehead atoms. The number of esters is 2. The molecule has 0 amide bonds. The molecule has 17 heavy (non-hydrogen) atoms. The van der Waals surface area contributed by atoms with E-state index >= 15 is 0 Å². The molecule has 0 aliphatic carbocycles. The van der Waals surface area contributed by atoms with Crippen LogP contribution in [0.1, 0.15) is 22.8 Å². The van der Waals surface area contributed by atoms with Crippen LogP contribution in [0.2, 0.25) is 0 Å². The minimum absolute atomic E-state index is 0.258. The summed E-state index contributed by atoms with van der Waals surface area (Å²) in [6, 6.07) is 4.83. The highest BCUT2D eigenvalue weighted by Crippen LogP contribution is 2.13. The predicted molar refractivity (Wildman–Crippen MR) is 62.5 cm³/mol. The Hall–Kier alpha value is -2.04. The maximum absolute atomic E-state index is 11.5. The van der Waals surface area contributed by atoms with Gasteiger partial charge in [0.15, 0.2) is 6.61 Å². The van der Waals surface area contributed by atoms with Crippen LogP contribution in [0.3, 0.4) is 0 Å². The molecule has 5 heteroatoms. The van der Waals surface area contributed by atoms with Crippen molar-refractivity contribution < 1.29 is 19.1 Å². The molecular formula is C12H15NO4. The molecule has 0 aromatic heterocycles. The SMILES string of the molecule is CCOC(=O)COC(=O)c1ccc(C)c(N)c1. The summed E-state index contributed by atoms with van der Waals surface area (Å²) in [6.45, 7) is 3.39. The molecule has 1 aromatic carbocycles. The fraction of sp³-hybridized carbons (Fsp3) is 0.333. The van der Waals surface area contributed by atoms with Crippen molar-refractivity contribution in [2.24, 2.45) is 0 Å². The van der Waals surface area contributed by atoms with E-state index in [1.54, 1.807) is 19.1 Å². The number of carbonyl (C=O) groups excluding carboxylic acids is 2. The summed E-state index contributed by atoms with van der Waals surface area (Å²) >= 11 is 0. The summed E-state index contributed by atoms with van der Waals surface area (Å²) in [6.07, 6.45) is 0. The number of benzene rings is 1. The van der Waals surface area contributed by atoms with E-state index < -0.39 is 11.9 Å². The first-order valence-corrected chi connectivity index (χ1v) is 5.23. The molecule has 0 heterocycles. The number of hydrogen-bond acceptors (Lipinski definition) is 5. The Labute approximate surface area is 99.5 Å². The number of aryl methyl sites for hydroxylation is 1. The van der Waals surface area contributed by atoms with Gasteiger partial charge in [-0.25, -0.2) is 9.59 Å². The summed E-state index contributed by atoms with van der Waals surface area (Å²) in [5, 5.41) is 0. The van der Waals surface area contributed by atoms with Crippen molar-refractivity contribution in [3.63, 3.8) is 0 Å². The summed E-state index contributed by atoms with van der Waals surface area (Å²) < 4.78 is 9.40. The third-order valence-electron chi connectivity index (χ3n) is 2.14. The van der Waals surface area contributed by atoms with Crippen molar-refractivity contribution in [2.45, 2.75) is 13.8 Å². The zero-order chi connectivity index (χ0) is 12.8. The van der Waals surface area contributed by atoms with Gasteiger partial charge in [0, 0.05) is 5.69 Å². The molecule has 2 N–H and O–H groups in total. The fourth-order valence-corrected chi connectivity index (χ4v) is 1.18. The van der Waals surface area contributed by atoms with Crippen molar-refractivity contribution in [1.82, 2.24) is 0 Å². The predicted octanol–water partition coefficient (Wildman–Crippen LogP) is 1.30. The fourth-order valence-electron chi connectivity index (χ4n) is 1.18. The Morgan fingerprint density at radius 1 is 1.29 bits per heavy atom. The Morgan fingerprint density at radius 2 is 2.00 bits per heavy atom. The number of carbonyl (C=O) groups is 2. The molecule has 5 nitrogen and oxygen atoms in total. The van der Waals surface area contributed by atoms with Crippen LogP contribution in [0.5, 0.6) is 0 Å². The maximum Gasteiger partial charge on any atom is 0.344 e. The highest BCUT2D eigenvalue weighted by molar-refractivity contribution is 5.91. The molecule has 0 fully saturated rings. The first kappa shape index (κ1) is 13.0. The van der Waals surface area contributed by atoms with Gasteiger partial charge in [-0.1, -0.05) is 6.07 Å². The van der Waals surface area contributed by atoms with Crippen molar-refractivity contribution >= 4 is 17.6 Å². The molecule has 0 saturated heterocycles. The molecule has 0 aliphatic rings. The highest BCUT2D eigenvalue weighted by atomic mass is 16.6. The molecule has 0 unspecified atom stereocenters. The standard InChI is InChI=1S/C12H15NO4/c1-3-16-11(14)7-17-12(15)9-5-4-8(2)10(13)6-9/h4-6H,3,7,13H2,1-2H3. The minimum Gasteiger partial charge on any atom is -0.463 e. The van der Waals surface area contributed by atoms with E-state index in [1.807, 2.05) is 6.92 Å². The molecule has 0 saturated carbocycles. The molecule has 0 atom stereocenters. The van der Waals surface area contributed by atoms with E-state index in [1.165, 1.54) is 6.07 Å². The number of anilines is 1. The van der Waals surface area contributed by atoms with Gasteiger partial charge in [-0.15, -0.1) is 0 Å². The second-order valence-electron chi connectivity index (χ2n) is 3.45. The molecule has 0 spiro atoms. The van der Waals surface area contributed by atoms with Gasteiger partial charge in [-0.3, -0.25) is 0 Å². The number of nitrogen functional groups attached to an aromatic ring is 1.